The lowest BCUT2D eigenvalue weighted by atomic mass is 10.1. The molecule has 0 saturated carbocycles. The molecular weight excluding hydrogens is 275 g/mol. The number of rotatable bonds is 3. The van der Waals surface area contributed by atoms with Crippen molar-refractivity contribution in [2.45, 2.75) is 0 Å². The van der Waals surface area contributed by atoms with E-state index in [1.807, 2.05) is 0 Å². The highest BCUT2D eigenvalue weighted by atomic mass is 32.1. The first-order chi connectivity index (χ1) is 9.49. The Morgan fingerprint density at radius 1 is 1.15 bits per heavy atom. The van der Waals surface area contributed by atoms with Crippen LogP contribution < -0.4 is 10.6 Å². The number of hydrogen-bond donors (Lipinski definition) is 1. The number of nitrogens with two attached hydrogens (primary N) is 1. The lowest BCUT2D eigenvalue weighted by Crippen LogP contribution is -2.26. The van der Waals surface area contributed by atoms with Gasteiger partial charge in [0.15, 0.2) is 0 Å². The Hall–Kier alpha value is -2.27. The molecule has 0 unspecified atom stereocenters. The van der Waals surface area contributed by atoms with E-state index < -0.39 is 0 Å². The zero-order valence-electron chi connectivity index (χ0n) is 10.8. The van der Waals surface area contributed by atoms with E-state index in [0.717, 1.165) is 0 Å². The number of thiocarbonyl (C=S) groups is 1. The van der Waals surface area contributed by atoms with E-state index in [1.54, 1.807) is 43.4 Å². The quantitative estimate of drug-likeness (QED) is 0.883. The molecule has 0 aromatic heterocycles. The molecule has 0 aliphatic carbocycles. The van der Waals surface area contributed by atoms with Gasteiger partial charge in [0.2, 0.25) is 0 Å². The van der Waals surface area contributed by atoms with Crippen molar-refractivity contribution in [1.29, 1.82) is 0 Å². The van der Waals surface area contributed by atoms with Gasteiger partial charge in [0, 0.05) is 23.9 Å². The van der Waals surface area contributed by atoms with Gasteiger partial charge in [0.1, 0.15) is 10.8 Å². The second kappa shape index (κ2) is 5.79. The van der Waals surface area contributed by atoms with Crippen LogP contribution in [-0.4, -0.2) is 17.9 Å². The number of halogens is 1. The standard InChI is InChI=1S/C15H13FN2OS/c1-18(13-4-2-3-12(16)9-13)15(19)11-7-5-10(6-8-11)14(17)20/h2-9H,1H3,(H2,17,20). The van der Waals surface area contributed by atoms with Gasteiger partial charge >= 0.3 is 0 Å². The third-order valence-electron chi connectivity index (χ3n) is 2.92. The molecule has 2 rings (SSSR count). The fourth-order valence-electron chi connectivity index (χ4n) is 1.77. The van der Waals surface area contributed by atoms with E-state index in [1.165, 1.54) is 17.0 Å². The van der Waals surface area contributed by atoms with E-state index in [4.69, 9.17) is 18.0 Å². The lowest BCUT2D eigenvalue weighted by Gasteiger charge is -2.17. The molecule has 2 N–H and O–H groups in total. The summed E-state index contributed by atoms with van der Waals surface area (Å²) < 4.78 is 13.2. The zero-order chi connectivity index (χ0) is 14.7. The van der Waals surface area contributed by atoms with Gasteiger partial charge in [-0.15, -0.1) is 0 Å². The largest absolute Gasteiger partial charge is 0.389 e. The molecule has 20 heavy (non-hydrogen) atoms. The van der Waals surface area contributed by atoms with Gasteiger partial charge in [-0.05, 0) is 30.3 Å². The highest BCUT2D eigenvalue weighted by Crippen LogP contribution is 2.17. The Morgan fingerprint density at radius 2 is 1.75 bits per heavy atom. The summed E-state index contributed by atoms with van der Waals surface area (Å²) in [5.41, 5.74) is 7.18. The van der Waals surface area contributed by atoms with Gasteiger partial charge in [0.25, 0.3) is 5.91 Å². The number of nitrogens with zero attached hydrogens (tertiary/aromatic N) is 1. The van der Waals surface area contributed by atoms with Gasteiger partial charge in [-0.2, -0.15) is 0 Å². The Balaban J connectivity index is 2.24. The van der Waals surface area contributed by atoms with Crippen molar-refractivity contribution in [3.63, 3.8) is 0 Å². The molecule has 0 aliphatic heterocycles. The monoisotopic (exact) mass is 288 g/mol. The van der Waals surface area contributed by atoms with Crippen LogP contribution in [0, 0.1) is 5.82 Å². The maximum Gasteiger partial charge on any atom is 0.258 e. The number of amides is 1. The summed E-state index contributed by atoms with van der Waals surface area (Å²) in [5, 5.41) is 0. The SMILES string of the molecule is CN(C(=O)c1ccc(C(N)=S)cc1)c1cccc(F)c1. The number of anilines is 1. The van der Waals surface area contributed by atoms with Gasteiger partial charge in [-0.1, -0.05) is 30.4 Å². The molecule has 0 heterocycles. The Bertz CT molecular complexity index is 655. The molecular formula is C15H13FN2OS. The summed E-state index contributed by atoms with van der Waals surface area (Å²) in [5.74, 6) is -0.615. The fourth-order valence-corrected chi connectivity index (χ4v) is 1.91. The molecule has 0 bridgehead atoms. The second-order valence-corrected chi connectivity index (χ2v) is 4.73. The van der Waals surface area contributed by atoms with Crippen LogP contribution in [0.15, 0.2) is 48.5 Å². The van der Waals surface area contributed by atoms with Crippen molar-refractivity contribution in [1.82, 2.24) is 0 Å². The van der Waals surface area contributed by atoms with Gasteiger partial charge in [-0.3, -0.25) is 4.79 Å². The number of carbonyl (C=O) groups excluding carboxylic acids is 1. The molecule has 2 aromatic rings. The van der Waals surface area contributed by atoms with Gasteiger partial charge in [0.05, 0.1) is 0 Å². The Labute approximate surface area is 121 Å². The topological polar surface area (TPSA) is 46.3 Å². The predicted octanol–water partition coefficient (Wildman–Crippen LogP) is 2.74. The average molecular weight is 288 g/mol. The summed E-state index contributed by atoms with van der Waals surface area (Å²) >= 11 is 4.85. The average Bonchev–Trinajstić information content (AvgIpc) is 2.46. The van der Waals surface area contributed by atoms with Gasteiger partial charge < -0.3 is 10.6 Å². The first-order valence-electron chi connectivity index (χ1n) is 5.92. The van der Waals surface area contributed by atoms with Crippen molar-refractivity contribution in [2.75, 3.05) is 11.9 Å². The summed E-state index contributed by atoms with van der Waals surface area (Å²) in [6.07, 6.45) is 0. The van der Waals surface area contributed by atoms with Crippen LogP contribution in [0.3, 0.4) is 0 Å². The van der Waals surface area contributed by atoms with E-state index in [9.17, 15) is 9.18 Å². The van der Waals surface area contributed by atoms with Crippen molar-refractivity contribution in [3.05, 3.63) is 65.5 Å². The highest BCUT2D eigenvalue weighted by Gasteiger charge is 2.13. The molecule has 0 spiro atoms. The first-order valence-corrected chi connectivity index (χ1v) is 6.33. The highest BCUT2D eigenvalue weighted by molar-refractivity contribution is 7.80. The van der Waals surface area contributed by atoms with Crippen LogP contribution in [0.5, 0.6) is 0 Å². The van der Waals surface area contributed by atoms with Gasteiger partial charge in [-0.25, -0.2) is 4.39 Å². The fraction of sp³-hybridized carbons (Fsp3) is 0.0667. The minimum absolute atomic E-state index is 0.231. The van der Waals surface area contributed by atoms with Crippen LogP contribution >= 0.6 is 12.2 Å². The van der Waals surface area contributed by atoms with E-state index >= 15 is 0 Å². The summed E-state index contributed by atoms with van der Waals surface area (Å²) in [4.78, 5) is 13.9. The molecule has 0 radical (unpaired) electrons. The molecule has 5 heteroatoms. The predicted molar refractivity (Wildman–Crippen MR) is 81.5 cm³/mol. The van der Waals surface area contributed by atoms with Crippen LogP contribution in [0.1, 0.15) is 15.9 Å². The molecule has 3 nitrogen and oxygen atoms in total. The van der Waals surface area contributed by atoms with Crippen molar-refractivity contribution >= 4 is 28.8 Å². The molecule has 0 fully saturated rings. The van der Waals surface area contributed by atoms with Crippen molar-refractivity contribution in [3.8, 4) is 0 Å². The summed E-state index contributed by atoms with van der Waals surface area (Å²) in [6, 6.07) is 12.5. The van der Waals surface area contributed by atoms with Crippen LogP contribution in [0.4, 0.5) is 10.1 Å². The smallest absolute Gasteiger partial charge is 0.258 e. The zero-order valence-corrected chi connectivity index (χ0v) is 11.7. The summed E-state index contributed by atoms with van der Waals surface area (Å²) in [6.45, 7) is 0. The van der Waals surface area contributed by atoms with E-state index in [2.05, 4.69) is 0 Å². The van der Waals surface area contributed by atoms with Crippen molar-refractivity contribution in [2.24, 2.45) is 5.73 Å². The number of hydrogen-bond acceptors (Lipinski definition) is 2. The second-order valence-electron chi connectivity index (χ2n) is 4.29. The molecule has 1 amide bonds. The lowest BCUT2D eigenvalue weighted by molar-refractivity contribution is 0.0993. The van der Waals surface area contributed by atoms with E-state index in [-0.39, 0.29) is 16.7 Å². The minimum Gasteiger partial charge on any atom is -0.389 e. The Morgan fingerprint density at radius 3 is 2.30 bits per heavy atom. The molecule has 2 aromatic carbocycles. The first kappa shape index (κ1) is 14.1. The van der Waals surface area contributed by atoms with Crippen LogP contribution in [0.2, 0.25) is 0 Å². The maximum absolute atomic E-state index is 13.2. The van der Waals surface area contributed by atoms with Crippen LogP contribution in [0.25, 0.3) is 0 Å². The third-order valence-corrected chi connectivity index (χ3v) is 3.15. The summed E-state index contributed by atoms with van der Waals surface area (Å²) in [7, 11) is 1.60. The minimum atomic E-state index is -0.383. The molecule has 0 aliphatic rings. The van der Waals surface area contributed by atoms with E-state index in [0.29, 0.717) is 16.8 Å². The normalized spacial score (nSPS) is 10.1. The molecule has 102 valence electrons. The van der Waals surface area contributed by atoms with Crippen LogP contribution in [-0.2, 0) is 0 Å². The molecule has 0 saturated heterocycles. The number of carbonyl (C=O) groups is 1. The van der Waals surface area contributed by atoms with Crippen molar-refractivity contribution < 1.29 is 9.18 Å². The number of benzene rings is 2. The maximum atomic E-state index is 13.2. The third kappa shape index (κ3) is 3.00. The Kier molecular flexibility index (Phi) is 4.10. The molecule has 0 atom stereocenters.